The van der Waals surface area contributed by atoms with Gasteiger partial charge < -0.3 is 10.2 Å². The lowest BCUT2D eigenvalue weighted by molar-refractivity contribution is -0.136. The first-order valence-corrected chi connectivity index (χ1v) is 13.8. The van der Waals surface area contributed by atoms with Crippen LogP contribution in [0.4, 0.5) is 4.39 Å². The second-order valence-corrected chi connectivity index (χ2v) is 10.9. The molecule has 0 saturated heterocycles. The SMILES string of the molecule is CCC(CC)(c1ccc(C=CC2(O)CCCC2)c(C)c1)c1ccc(-c2ccc(CC(=O)O)c(F)c2)c(C)c1. The molecule has 0 amide bonds. The highest BCUT2D eigenvalue weighted by Crippen LogP contribution is 2.41. The average molecular weight is 515 g/mol. The van der Waals surface area contributed by atoms with Crippen molar-refractivity contribution in [2.75, 3.05) is 0 Å². The number of carbonyl (C=O) groups is 1. The zero-order valence-corrected chi connectivity index (χ0v) is 23.0. The van der Waals surface area contributed by atoms with Crippen molar-refractivity contribution in [3.63, 3.8) is 0 Å². The van der Waals surface area contributed by atoms with Gasteiger partial charge >= 0.3 is 5.97 Å². The first kappa shape index (κ1) is 27.8. The third-order valence-corrected chi connectivity index (χ3v) is 8.56. The van der Waals surface area contributed by atoms with Crippen molar-refractivity contribution in [3.05, 3.63) is 99.9 Å². The maximum absolute atomic E-state index is 14.6. The van der Waals surface area contributed by atoms with Gasteiger partial charge in [0.25, 0.3) is 0 Å². The molecule has 2 N–H and O–H groups in total. The van der Waals surface area contributed by atoms with Crippen LogP contribution in [0.25, 0.3) is 17.2 Å². The van der Waals surface area contributed by atoms with Crippen LogP contribution in [0.1, 0.15) is 85.8 Å². The van der Waals surface area contributed by atoms with E-state index in [4.69, 9.17) is 5.11 Å². The van der Waals surface area contributed by atoms with Crippen LogP contribution in [0.3, 0.4) is 0 Å². The minimum Gasteiger partial charge on any atom is -0.481 e. The summed E-state index contributed by atoms with van der Waals surface area (Å²) in [6.45, 7) is 8.63. The molecule has 4 rings (SSSR count). The number of aryl methyl sites for hydroxylation is 2. The summed E-state index contributed by atoms with van der Waals surface area (Å²) in [5.74, 6) is -1.53. The fourth-order valence-electron chi connectivity index (χ4n) is 6.10. The number of carboxylic acid groups (broad SMARTS) is 1. The summed E-state index contributed by atoms with van der Waals surface area (Å²) in [6, 6.07) is 17.9. The largest absolute Gasteiger partial charge is 0.481 e. The zero-order chi connectivity index (χ0) is 27.5. The molecule has 1 fully saturated rings. The molecule has 0 unspecified atom stereocenters. The summed E-state index contributed by atoms with van der Waals surface area (Å²) in [5, 5.41) is 19.7. The Labute approximate surface area is 226 Å². The minimum atomic E-state index is -1.04. The number of hydrogen-bond donors (Lipinski definition) is 2. The van der Waals surface area contributed by atoms with E-state index in [9.17, 15) is 14.3 Å². The van der Waals surface area contributed by atoms with E-state index in [0.717, 1.165) is 60.8 Å². The molecule has 0 heterocycles. The number of aliphatic carboxylic acids is 1. The van der Waals surface area contributed by atoms with Crippen LogP contribution in [-0.4, -0.2) is 21.8 Å². The third kappa shape index (κ3) is 5.61. The second kappa shape index (κ2) is 11.2. The fourth-order valence-corrected chi connectivity index (χ4v) is 6.10. The average Bonchev–Trinajstić information content (AvgIpc) is 3.32. The molecule has 1 saturated carbocycles. The number of rotatable bonds is 9. The monoisotopic (exact) mass is 514 g/mol. The van der Waals surface area contributed by atoms with Crippen LogP contribution in [0, 0.1) is 19.7 Å². The van der Waals surface area contributed by atoms with E-state index >= 15 is 0 Å². The molecule has 0 spiro atoms. The first-order valence-electron chi connectivity index (χ1n) is 13.8. The van der Waals surface area contributed by atoms with Gasteiger partial charge in [-0.05, 0) is 90.1 Å². The zero-order valence-electron chi connectivity index (χ0n) is 23.0. The lowest BCUT2D eigenvalue weighted by atomic mass is 9.69. The number of benzene rings is 3. The van der Waals surface area contributed by atoms with Gasteiger partial charge in [0, 0.05) is 5.41 Å². The van der Waals surface area contributed by atoms with E-state index in [0.29, 0.717) is 0 Å². The van der Waals surface area contributed by atoms with Crippen molar-refractivity contribution >= 4 is 12.0 Å². The lowest BCUT2D eigenvalue weighted by Gasteiger charge is -2.34. The van der Waals surface area contributed by atoms with Gasteiger partial charge in [-0.1, -0.05) is 87.4 Å². The summed E-state index contributed by atoms with van der Waals surface area (Å²) < 4.78 is 14.6. The quantitative estimate of drug-likeness (QED) is 0.303. The Kier molecular flexibility index (Phi) is 8.22. The minimum absolute atomic E-state index is 0.156. The van der Waals surface area contributed by atoms with Gasteiger partial charge in [-0.15, -0.1) is 0 Å². The van der Waals surface area contributed by atoms with Crippen molar-refractivity contribution in [1.29, 1.82) is 0 Å². The summed E-state index contributed by atoms with van der Waals surface area (Å²) in [5.41, 5.74) is 6.94. The van der Waals surface area contributed by atoms with Crippen LogP contribution in [-0.2, 0) is 16.6 Å². The van der Waals surface area contributed by atoms with Crippen molar-refractivity contribution < 1.29 is 19.4 Å². The van der Waals surface area contributed by atoms with Gasteiger partial charge in [-0.3, -0.25) is 4.79 Å². The van der Waals surface area contributed by atoms with Crippen LogP contribution >= 0.6 is 0 Å². The number of carboxylic acids is 1. The normalized spacial score (nSPS) is 15.3. The summed E-state index contributed by atoms with van der Waals surface area (Å²) in [6.07, 6.45) is 9.44. The van der Waals surface area contributed by atoms with Crippen molar-refractivity contribution in [2.45, 2.75) is 83.7 Å². The molecule has 0 radical (unpaired) electrons. The van der Waals surface area contributed by atoms with Crippen LogP contribution < -0.4 is 0 Å². The van der Waals surface area contributed by atoms with Gasteiger partial charge in [-0.2, -0.15) is 0 Å². The van der Waals surface area contributed by atoms with Crippen LogP contribution in [0.15, 0.2) is 60.7 Å². The second-order valence-electron chi connectivity index (χ2n) is 10.9. The van der Waals surface area contributed by atoms with Gasteiger partial charge in [0.05, 0.1) is 12.0 Å². The van der Waals surface area contributed by atoms with Crippen LogP contribution in [0.2, 0.25) is 0 Å². The fraction of sp³-hybridized carbons (Fsp3) is 0.382. The van der Waals surface area contributed by atoms with E-state index in [1.165, 1.54) is 22.8 Å². The highest BCUT2D eigenvalue weighted by Gasteiger charge is 2.32. The standard InChI is InChI=1S/C34H39FO3/c1-5-34(6-2,28-12-11-25(23(3)19-28)15-18-33(38)16-7-8-17-33)29-13-14-30(24(4)20-29)26-9-10-27(22-32(36)37)31(35)21-26/h9-15,18-21,38H,5-8,16-17,22H2,1-4H3,(H,36,37). The Morgan fingerprint density at radius 3 is 2.13 bits per heavy atom. The Morgan fingerprint density at radius 1 is 0.947 bits per heavy atom. The summed E-state index contributed by atoms with van der Waals surface area (Å²) in [4.78, 5) is 11.0. The number of hydrogen-bond acceptors (Lipinski definition) is 2. The maximum Gasteiger partial charge on any atom is 0.307 e. The summed E-state index contributed by atoms with van der Waals surface area (Å²) in [7, 11) is 0. The molecule has 0 aliphatic heterocycles. The molecule has 200 valence electrons. The molecule has 3 aromatic carbocycles. The Hall–Kier alpha value is -3.24. The van der Waals surface area contributed by atoms with Crippen LogP contribution in [0.5, 0.6) is 0 Å². The van der Waals surface area contributed by atoms with Gasteiger partial charge in [0.15, 0.2) is 0 Å². The van der Waals surface area contributed by atoms with Gasteiger partial charge in [0.1, 0.15) is 5.82 Å². The van der Waals surface area contributed by atoms with E-state index in [1.54, 1.807) is 12.1 Å². The first-order chi connectivity index (χ1) is 18.1. The lowest BCUT2D eigenvalue weighted by Crippen LogP contribution is -2.26. The van der Waals surface area contributed by atoms with E-state index in [2.05, 4.69) is 63.2 Å². The molecule has 0 atom stereocenters. The van der Waals surface area contributed by atoms with E-state index < -0.39 is 17.4 Å². The Bertz CT molecular complexity index is 1340. The molecule has 3 nitrogen and oxygen atoms in total. The molecule has 1 aliphatic carbocycles. The van der Waals surface area contributed by atoms with E-state index in [1.807, 2.05) is 13.0 Å². The highest BCUT2D eigenvalue weighted by atomic mass is 19.1. The highest BCUT2D eigenvalue weighted by molar-refractivity contribution is 5.72. The predicted octanol–water partition coefficient (Wildman–Crippen LogP) is 8.16. The predicted molar refractivity (Wildman–Crippen MR) is 153 cm³/mol. The number of aliphatic hydroxyl groups is 1. The molecule has 0 bridgehead atoms. The Balaban J connectivity index is 1.66. The molecule has 3 aromatic rings. The van der Waals surface area contributed by atoms with Crippen molar-refractivity contribution in [2.24, 2.45) is 0 Å². The molecule has 1 aliphatic rings. The van der Waals surface area contributed by atoms with Gasteiger partial charge in [0.2, 0.25) is 0 Å². The molecular weight excluding hydrogens is 475 g/mol. The Morgan fingerprint density at radius 2 is 1.58 bits per heavy atom. The van der Waals surface area contributed by atoms with Gasteiger partial charge in [-0.25, -0.2) is 4.39 Å². The van der Waals surface area contributed by atoms with E-state index in [-0.39, 0.29) is 17.4 Å². The smallest absolute Gasteiger partial charge is 0.307 e. The van der Waals surface area contributed by atoms with Crippen molar-refractivity contribution in [3.8, 4) is 11.1 Å². The number of halogens is 1. The summed E-state index contributed by atoms with van der Waals surface area (Å²) >= 11 is 0. The molecule has 0 aromatic heterocycles. The molecule has 38 heavy (non-hydrogen) atoms. The molecule has 4 heteroatoms. The topological polar surface area (TPSA) is 57.5 Å². The van der Waals surface area contributed by atoms with Crippen molar-refractivity contribution in [1.82, 2.24) is 0 Å². The molecular formula is C34H39FO3. The maximum atomic E-state index is 14.6. The third-order valence-electron chi connectivity index (χ3n) is 8.56.